The first-order valence-electron chi connectivity index (χ1n) is 7.41. The van der Waals surface area contributed by atoms with Crippen molar-refractivity contribution in [3.05, 3.63) is 0 Å². The fourth-order valence-electron chi connectivity index (χ4n) is 3.86. The van der Waals surface area contributed by atoms with Gasteiger partial charge in [0.25, 0.3) is 0 Å². The molecule has 0 unspecified atom stereocenters. The normalized spacial score (nSPS) is 35.9. The summed E-state index contributed by atoms with van der Waals surface area (Å²) in [6.45, 7) is 5.44. The number of rotatable bonds is 4. The summed E-state index contributed by atoms with van der Waals surface area (Å²) >= 11 is 0. The van der Waals surface area contributed by atoms with Crippen LogP contribution in [-0.4, -0.2) is 50.2 Å². The number of nitrogens with zero attached hydrogens (tertiary/aromatic N) is 1. The number of fused-ring (bicyclic) bond motifs is 2. The van der Waals surface area contributed by atoms with Gasteiger partial charge in [-0.25, -0.2) is 0 Å². The molecule has 2 saturated carbocycles. The predicted molar refractivity (Wildman–Crippen MR) is 69.2 cm³/mol. The van der Waals surface area contributed by atoms with Crippen LogP contribution in [-0.2, 0) is 9.53 Å². The lowest BCUT2D eigenvalue weighted by Gasteiger charge is -2.27. The fourth-order valence-corrected chi connectivity index (χ4v) is 3.86. The van der Waals surface area contributed by atoms with E-state index < -0.39 is 0 Å². The van der Waals surface area contributed by atoms with Crippen molar-refractivity contribution in [1.82, 2.24) is 10.2 Å². The summed E-state index contributed by atoms with van der Waals surface area (Å²) in [6, 6.07) is 0. The third-order valence-electron chi connectivity index (χ3n) is 4.91. The molecule has 3 atom stereocenters. The molecule has 1 saturated heterocycles. The van der Waals surface area contributed by atoms with E-state index >= 15 is 0 Å². The third-order valence-corrected chi connectivity index (χ3v) is 4.91. The van der Waals surface area contributed by atoms with E-state index in [1.165, 1.54) is 19.3 Å². The third kappa shape index (κ3) is 2.69. The van der Waals surface area contributed by atoms with E-state index in [-0.39, 0.29) is 0 Å². The zero-order valence-corrected chi connectivity index (χ0v) is 11.1. The van der Waals surface area contributed by atoms with Gasteiger partial charge in [0.15, 0.2) is 0 Å². The van der Waals surface area contributed by atoms with Crippen molar-refractivity contribution in [2.24, 2.45) is 17.8 Å². The second-order valence-electron chi connectivity index (χ2n) is 6.03. The van der Waals surface area contributed by atoms with E-state index in [1.54, 1.807) is 0 Å². The van der Waals surface area contributed by atoms with Crippen molar-refractivity contribution < 1.29 is 9.53 Å². The van der Waals surface area contributed by atoms with Gasteiger partial charge in [-0.2, -0.15) is 0 Å². The molecule has 0 spiro atoms. The molecule has 0 radical (unpaired) electrons. The number of hydrogen-bond acceptors (Lipinski definition) is 3. The van der Waals surface area contributed by atoms with E-state index in [2.05, 4.69) is 10.2 Å². The first-order valence-corrected chi connectivity index (χ1v) is 7.41. The first-order chi connectivity index (χ1) is 8.83. The van der Waals surface area contributed by atoms with E-state index in [1.807, 2.05) is 0 Å². The van der Waals surface area contributed by atoms with E-state index in [0.29, 0.717) is 17.7 Å². The number of amides is 1. The monoisotopic (exact) mass is 252 g/mol. The average Bonchev–Trinajstić information content (AvgIpc) is 3.02. The van der Waals surface area contributed by atoms with Crippen LogP contribution in [0.2, 0.25) is 0 Å². The van der Waals surface area contributed by atoms with Gasteiger partial charge in [-0.15, -0.1) is 0 Å². The highest BCUT2D eigenvalue weighted by atomic mass is 16.5. The lowest BCUT2D eigenvalue weighted by molar-refractivity contribution is -0.126. The summed E-state index contributed by atoms with van der Waals surface area (Å²) in [4.78, 5) is 14.5. The minimum atomic E-state index is 0.315. The number of nitrogens with one attached hydrogen (secondary N) is 1. The molecule has 1 aliphatic heterocycles. The van der Waals surface area contributed by atoms with Crippen LogP contribution in [0.3, 0.4) is 0 Å². The van der Waals surface area contributed by atoms with E-state index in [9.17, 15) is 4.79 Å². The van der Waals surface area contributed by atoms with Crippen molar-refractivity contribution in [2.75, 3.05) is 39.4 Å². The molecule has 1 amide bonds. The number of morpholine rings is 1. The second-order valence-corrected chi connectivity index (χ2v) is 6.03. The minimum Gasteiger partial charge on any atom is -0.379 e. The van der Waals surface area contributed by atoms with Gasteiger partial charge < -0.3 is 10.1 Å². The molecule has 3 aliphatic rings. The van der Waals surface area contributed by atoms with Crippen LogP contribution in [0.5, 0.6) is 0 Å². The largest absolute Gasteiger partial charge is 0.379 e. The van der Waals surface area contributed by atoms with Gasteiger partial charge in [-0.05, 0) is 31.1 Å². The SMILES string of the molecule is O=C(NCCN1CCOCC1)[C@@H]1C[C@H]2CC[C@H]1C2. The predicted octanol–water partition coefficient (Wildman–Crippen LogP) is 0.871. The fraction of sp³-hybridized carbons (Fsp3) is 0.929. The van der Waals surface area contributed by atoms with Gasteiger partial charge in [0.1, 0.15) is 0 Å². The maximum Gasteiger partial charge on any atom is 0.223 e. The standard InChI is InChI=1S/C14H24N2O2/c17-14(13-10-11-1-2-12(13)9-11)15-3-4-16-5-7-18-8-6-16/h11-13H,1-10H2,(H,15,17)/t11-,12-,13+/m0/s1. The molecular formula is C14H24N2O2. The van der Waals surface area contributed by atoms with E-state index in [0.717, 1.165) is 51.7 Å². The zero-order valence-electron chi connectivity index (χ0n) is 11.1. The van der Waals surface area contributed by atoms with Gasteiger partial charge in [-0.3, -0.25) is 9.69 Å². The molecule has 2 aliphatic carbocycles. The minimum absolute atomic E-state index is 0.315. The lowest BCUT2D eigenvalue weighted by atomic mass is 9.88. The van der Waals surface area contributed by atoms with Crippen molar-refractivity contribution in [1.29, 1.82) is 0 Å². The lowest BCUT2D eigenvalue weighted by Crippen LogP contribution is -2.43. The van der Waals surface area contributed by atoms with Gasteiger partial charge in [0.05, 0.1) is 13.2 Å². The Hall–Kier alpha value is -0.610. The van der Waals surface area contributed by atoms with Crippen molar-refractivity contribution in [3.8, 4) is 0 Å². The number of ether oxygens (including phenoxy) is 1. The Morgan fingerprint density at radius 2 is 2.06 bits per heavy atom. The summed E-state index contributed by atoms with van der Waals surface area (Å²) in [5.74, 6) is 2.19. The Balaban J connectivity index is 1.36. The molecule has 0 aromatic rings. The highest BCUT2D eigenvalue weighted by molar-refractivity contribution is 5.79. The van der Waals surface area contributed by atoms with Gasteiger partial charge in [0, 0.05) is 32.1 Å². The first kappa shape index (κ1) is 12.4. The van der Waals surface area contributed by atoms with E-state index in [4.69, 9.17) is 4.74 Å². The van der Waals surface area contributed by atoms with Crippen LogP contribution in [0, 0.1) is 17.8 Å². The Morgan fingerprint density at radius 1 is 1.22 bits per heavy atom. The maximum atomic E-state index is 12.1. The molecule has 4 nitrogen and oxygen atoms in total. The molecule has 2 bridgehead atoms. The van der Waals surface area contributed by atoms with Crippen molar-refractivity contribution >= 4 is 5.91 Å². The Kier molecular flexibility index (Phi) is 3.85. The molecule has 4 heteroatoms. The van der Waals surface area contributed by atoms with Crippen LogP contribution in [0.15, 0.2) is 0 Å². The second kappa shape index (κ2) is 5.57. The van der Waals surface area contributed by atoms with Gasteiger partial charge in [-0.1, -0.05) is 6.42 Å². The summed E-state index contributed by atoms with van der Waals surface area (Å²) in [6.07, 6.45) is 5.10. The smallest absolute Gasteiger partial charge is 0.223 e. The summed E-state index contributed by atoms with van der Waals surface area (Å²) in [5, 5.41) is 3.14. The Morgan fingerprint density at radius 3 is 2.72 bits per heavy atom. The highest BCUT2D eigenvalue weighted by Crippen LogP contribution is 2.48. The Labute approximate surface area is 109 Å². The number of hydrogen-bond donors (Lipinski definition) is 1. The summed E-state index contributed by atoms with van der Waals surface area (Å²) < 4.78 is 5.31. The molecule has 102 valence electrons. The van der Waals surface area contributed by atoms with Gasteiger partial charge >= 0.3 is 0 Å². The quantitative estimate of drug-likeness (QED) is 0.807. The number of carbonyl (C=O) groups excluding carboxylic acids is 1. The molecule has 3 rings (SSSR count). The Bertz CT molecular complexity index is 302. The average molecular weight is 252 g/mol. The van der Waals surface area contributed by atoms with Crippen molar-refractivity contribution in [3.63, 3.8) is 0 Å². The molecular weight excluding hydrogens is 228 g/mol. The molecule has 0 aromatic heterocycles. The molecule has 0 aromatic carbocycles. The van der Waals surface area contributed by atoms with Crippen LogP contribution >= 0.6 is 0 Å². The number of carbonyl (C=O) groups is 1. The zero-order chi connectivity index (χ0) is 12.4. The van der Waals surface area contributed by atoms with Crippen LogP contribution in [0.25, 0.3) is 0 Å². The molecule has 18 heavy (non-hydrogen) atoms. The maximum absolute atomic E-state index is 12.1. The van der Waals surface area contributed by atoms with Crippen LogP contribution in [0.4, 0.5) is 0 Å². The van der Waals surface area contributed by atoms with Gasteiger partial charge in [0.2, 0.25) is 5.91 Å². The molecule has 1 heterocycles. The van der Waals surface area contributed by atoms with Crippen molar-refractivity contribution in [2.45, 2.75) is 25.7 Å². The molecule has 1 N–H and O–H groups in total. The molecule has 3 fully saturated rings. The highest BCUT2D eigenvalue weighted by Gasteiger charge is 2.42. The summed E-state index contributed by atoms with van der Waals surface area (Å²) in [7, 11) is 0. The van der Waals surface area contributed by atoms with Crippen LogP contribution in [0.1, 0.15) is 25.7 Å². The van der Waals surface area contributed by atoms with Crippen LogP contribution < -0.4 is 5.32 Å². The summed E-state index contributed by atoms with van der Waals surface area (Å²) in [5.41, 5.74) is 0. The topological polar surface area (TPSA) is 41.6 Å².